The van der Waals surface area contributed by atoms with Gasteiger partial charge in [-0.25, -0.2) is 4.98 Å². The molecule has 3 nitrogen and oxygen atoms in total. The average Bonchev–Trinajstić information content (AvgIpc) is 3.01. The van der Waals surface area contributed by atoms with Gasteiger partial charge in [-0.2, -0.15) is 0 Å². The van der Waals surface area contributed by atoms with Crippen molar-refractivity contribution in [3.8, 4) is 0 Å². The molecule has 1 aliphatic carbocycles. The molecule has 2 heterocycles. The number of nitrogens with zero attached hydrogens (tertiary/aromatic N) is 2. The van der Waals surface area contributed by atoms with Crippen molar-refractivity contribution in [1.29, 1.82) is 0 Å². The van der Waals surface area contributed by atoms with Crippen LogP contribution < -0.4 is 5.32 Å². The van der Waals surface area contributed by atoms with Crippen LogP contribution >= 0.6 is 11.3 Å². The van der Waals surface area contributed by atoms with Crippen LogP contribution in [0.15, 0.2) is 11.6 Å². The van der Waals surface area contributed by atoms with Gasteiger partial charge in [0.05, 0.1) is 6.54 Å². The molecule has 0 aromatic carbocycles. The molecule has 4 heteroatoms. The second-order valence-corrected chi connectivity index (χ2v) is 8.06. The largest absolute Gasteiger partial charge is 0.311 e. The second kappa shape index (κ2) is 7.21. The molecule has 1 saturated heterocycles. The molecule has 2 unspecified atom stereocenters. The summed E-state index contributed by atoms with van der Waals surface area (Å²) >= 11 is 1.79. The molecule has 0 amide bonds. The third-order valence-electron chi connectivity index (χ3n) is 5.30. The summed E-state index contributed by atoms with van der Waals surface area (Å²) in [5, 5.41) is 7.24. The molecule has 1 aromatic rings. The Morgan fingerprint density at radius 1 is 1.33 bits per heavy atom. The zero-order valence-corrected chi connectivity index (χ0v) is 14.2. The third-order valence-corrected chi connectivity index (χ3v) is 6.06. The Hall–Kier alpha value is -0.450. The van der Waals surface area contributed by atoms with E-state index in [1.807, 2.05) is 6.20 Å². The van der Waals surface area contributed by atoms with Crippen LogP contribution in [-0.4, -0.2) is 35.1 Å². The zero-order valence-electron chi connectivity index (χ0n) is 13.4. The monoisotopic (exact) mass is 307 g/mol. The summed E-state index contributed by atoms with van der Waals surface area (Å²) in [5.74, 6) is 1.59. The number of aromatic nitrogens is 1. The highest BCUT2D eigenvalue weighted by Crippen LogP contribution is 2.30. The first-order valence-corrected chi connectivity index (χ1v) is 9.48. The minimum absolute atomic E-state index is 0.647. The lowest BCUT2D eigenvalue weighted by Crippen LogP contribution is -2.60. The fourth-order valence-corrected chi connectivity index (χ4v) is 4.69. The number of rotatable bonds is 4. The van der Waals surface area contributed by atoms with Crippen LogP contribution in [-0.2, 0) is 6.54 Å². The van der Waals surface area contributed by atoms with Crippen LogP contribution in [0.1, 0.15) is 51.0 Å². The van der Waals surface area contributed by atoms with Crippen LogP contribution in [0.25, 0.3) is 0 Å². The van der Waals surface area contributed by atoms with Gasteiger partial charge in [-0.05, 0) is 24.7 Å². The molecule has 1 N–H and O–H groups in total. The molecule has 0 radical (unpaired) electrons. The van der Waals surface area contributed by atoms with E-state index in [1.165, 1.54) is 43.7 Å². The second-order valence-electron chi connectivity index (χ2n) is 7.08. The molecule has 1 aliphatic heterocycles. The van der Waals surface area contributed by atoms with Gasteiger partial charge < -0.3 is 5.32 Å². The first kappa shape index (κ1) is 15.4. The highest BCUT2D eigenvalue weighted by molar-refractivity contribution is 7.09. The average molecular weight is 308 g/mol. The van der Waals surface area contributed by atoms with Crippen molar-refractivity contribution in [2.45, 2.75) is 64.6 Å². The van der Waals surface area contributed by atoms with Crippen molar-refractivity contribution >= 4 is 11.3 Å². The Kier molecular flexibility index (Phi) is 5.30. The summed E-state index contributed by atoms with van der Waals surface area (Å²) < 4.78 is 0. The van der Waals surface area contributed by atoms with Gasteiger partial charge in [0.25, 0.3) is 0 Å². The van der Waals surface area contributed by atoms with Gasteiger partial charge in [-0.15, -0.1) is 11.3 Å². The molecule has 1 saturated carbocycles. The standard InChI is InChI=1S/C17H29N3S/c1-13(2)16-10-19-15(14-6-4-3-5-7-14)11-20(16)12-17-18-8-9-21-17/h8-9,13-16,19H,3-7,10-12H2,1-2H3. The summed E-state index contributed by atoms with van der Waals surface area (Å²) in [7, 11) is 0. The van der Waals surface area contributed by atoms with Crippen molar-refractivity contribution in [3.63, 3.8) is 0 Å². The van der Waals surface area contributed by atoms with E-state index in [0.717, 1.165) is 19.0 Å². The topological polar surface area (TPSA) is 28.2 Å². The van der Waals surface area contributed by atoms with Crippen molar-refractivity contribution in [3.05, 3.63) is 16.6 Å². The van der Waals surface area contributed by atoms with Gasteiger partial charge in [-0.3, -0.25) is 4.90 Å². The summed E-state index contributed by atoms with van der Waals surface area (Å²) in [6.45, 7) is 8.08. The molecule has 1 aromatic heterocycles. The lowest BCUT2D eigenvalue weighted by atomic mass is 9.82. The van der Waals surface area contributed by atoms with Gasteiger partial charge in [0.15, 0.2) is 0 Å². The number of thiazole rings is 1. The van der Waals surface area contributed by atoms with Crippen molar-refractivity contribution in [2.75, 3.05) is 13.1 Å². The van der Waals surface area contributed by atoms with E-state index in [9.17, 15) is 0 Å². The summed E-state index contributed by atoms with van der Waals surface area (Å²) in [4.78, 5) is 7.19. The van der Waals surface area contributed by atoms with Crippen LogP contribution in [0.3, 0.4) is 0 Å². The molecule has 118 valence electrons. The van der Waals surface area contributed by atoms with Gasteiger partial charge in [-0.1, -0.05) is 33.1 Å². The molecule has 0 spiro atoms. The van der Waals surface area contributed by atoms with Crippen LogP contribution in [0.5, 0.6) is 0 Å². The van der Waals surface area contributed by atoms with E-state index in [0.29, 0.717) is 18.0 Å². The number of nitrogens with one attached hydrogen (secondary N) is 1. The maximum absolute atomic E-state index is 4.50. The van der Waals surface area contributed by atoms with Crippen molar-refractivity contribution < 1.29 is 0 Å². The van der Waals surface area contributed by atoms with Gasteiger partial charge >= 0.3 is 0 Å². The molecule has 3 rings (SSSR count). The van der Waals surface area contributed by atoms with Crippen LogP contribution in [0.2, 0.25) is 0 Å². The highest BCUT2D eigenvalue weighted by Gasteiger charge is 2.34. The minimum atomic E-state index is 0.647. The van der Waals surface area contributed by atoms with Crippen LogP contribution in [0.4, 0.5) is 0 Å². The molecule has 0 bridgehead atoms. The fourth-order valence-electron chi connectivity index (χ4n) is 4.05. The maximum Gasteiger partial charge on any atom is 0.107 e. The fraction of sp³-hybridized carbons (Fsp3) is 0.824. The van der Waals surface area contributed by atoms with Gasteiger partial charge in [0, 0.05) is 36.8 Å². The van der Waals surface area contributed by atoms with E-state index in [4.69, 9.17) is 0 Å². The third kappa shape index (κ3) is 3.85. The molecule has 2 aliphatic rings. The van der Waals surface area contributed by atoms with Gasteiger partial charge in [0.2, 0.25) is 0 Å². The summed E-state index contributed by atoms with van der Waals surface area (Å²) in [5.41, 5.74) is 0. The van der Waals surface area contributed by atoms with Crippen molar-refractivity contribution in [1.82, 2.24) is 15.2 Å². The quantitative estimate of drug-likeness (QED) is 0.922. The Morgan fingerprint density at radius 3 is 2.81 bits per heavy atom. The summed E-state index contributed by atoms with van der Waals surface area (Å²) in [6, 6.07) is 1.34. The molecular formula is C17H29N3S. The zero-order chi connectivity index (χ0) is 14.7. The molecule has 2 fully saturated rings. The Bertz CT molecular complexity index is 412. The van der Waals surface area contributed by atoms with Crippen LogP contribution in [0, 0.1) is 11.8 Å². The lowest BCUT2D eigenvalue weighted by molar-refractivity contribution is 0.0659. The highest BCUT2D eigenvalue weighted by atomic mass is 32.1. The number of hydrogen-bond acceptors (Lipinski definition) is 4. The van der Waals surface area contributed by atoms with Crippen molar-refractivity contribution in [2.24, 2.45) is 11.8 Å². The smallest absolute Gasteiger partial charge is 0.107 e. The van der Waals surface area contributed by atoms with E-state index < -0.39 is 0 Å². The number of hydrogen-bond donors (Lipinski definition) is 1. The first-order chi connectivity index (χ1) is 10.2. The maximum atomic E-state index is 4.50. The molecule has 21 heavy (non-hydrogen) atoms. The Balaban J connectivity index is 1.65. The normalized spacial score (nSPS) is 29.1. The Morgan fingerprint density at radius 2 is 2.14 bits per heavy atom. The van der Waals surface area contributed by atoms with E-state index >= 15 is 0 Å². The predicted octanol–water partition coefficient (Wildman–Crippen LogP) is 3.52. The minimum Gasteiger partial charge on any atom is -0.311 e. The predicted molar refractivity (Wildman–Crippen MR) is 89.5 cm³/mol. The SMILES string of the molecule is CC(C)C1CNC(C2CCCCC2)CN1Cc1nccs1. The van der Waals surface area contributed by atoms with E-state index in [2.05, 4.69) is 34.4 Å². The first-order valence-electron chi connectivity index (χ1n) is 8.60. The van der Waals surface area contributed by atoms with E-state index in [1.54, 1.807) is 11.3 Å². The summed E-state index contributed by atoms with van der Waals surface area (Å²) in [6.07, 6.45) is 9.10. The van der Waals surface area contributed by atoms with E-state index in [-0.39, 0.29) is 0 Å². The molecular weight excluding hydrogens is 278 g/mol. The Labute approximate surface area is 133 Å². The van der Waals surface area contributed by atoms with Gasteiger partial charge in [0.1, 0.15) is 5.01 Å². The number of piperazine rings is 1. The lowest BCUT2D eigenvalue weighted by Gasteiger charge is -2.45. The molecule has 2 atom stereocenters.